The Kier molecular flexibility index (Phi) is 8.34. The molecule has 2 N–H and O–H groups in total. The lowest BCUT2D eigenvalue weighted by Gasteiger charge is -2.26. The standard InChI is InChI=1S/C32H24Cl2N2O5/c1-19-3-2-4-24(13-19)39-18-30(37)40-25-11-12-26-29(15-25)41-32(36)27(16-35)31(26)20-6-9-23(10-7-20)38-17-21-5-8-22(33)14-28(21)34/h2-15,31H,17-18,36H2,1H3. The van der Waals surface area contributed by atoms with E-state index in [1.54, 1.807) is 36.4 Å². The third-order valence-electron chi connectivity index (χ3n) is 6.39. The number of allylic oxidation sites excluding steroid dienone is 1. The Morgan fingerprint density at radius 1 is 0.951 bits per heavy atom. The number of halogens is 2. The highest BCUT2D eigenvalue weighted by Gasteiger charge is 2.31. The van der Waals surface area contributed by atoms with E-state index in [4.69, 9.17) is 47.9 Å². The monoisotopic (exact) mass is 586 g/mol. The molecule has 9 heteroatoms. The zero-order valence-electron chi connectivity index (χ0n) is 21.9. The second-order valence-corrected chi connectivity index (χ2v) is 10.1. The van der Waals surface area contributed by atoms with Gasteiger partial charge in [0.2, 0.25) is 5.88 Å². The second-order valence-electron chi connectivity index (χ2n) is 9.30. The number of benzene rings is 4. The average molecular weight is 587 g/mol. The lowest BCUT2D eigenvalue weighted by atomic mass is 9.83. The van der Waals surface area contributed by atoms with Gasteiger partial charge in [0, 0.05) is 27.2 Å². The number of carbonyl (C=O) groups excluding carboxylic acids is 1. The first-order chi connectivity index (χ1) is 19.8. The van der Waals surface area contributed by atoms with E-state index in [-0.39, 0.29) is 30.4 Å². The molecule has 5 rings (SSSR count). The molecular weight excluding hydrogens is 563 g/mol. The molecule has 1 unspecified atom stereocenters. The van der Waals surface area contributed by atoms with Gasteiger partial charge in [-0.15, -0.1) is 0 Å². The summed E-state index contributed by atoms with van der Waals surface area (Å²) in [5.74, 6) is 0.762. The molecule has 7 nitrogen and oxygen atoms in total. The van der Waals surface area contributed by atoms with Crippen molar-refractivity contribution in [3.05, 3.63) is 129 Å². The van der Waals surface area contributed by atoms with Gasteiger partial charge in [0.25, 0.3) is 0 Å². The Labute approximate surface area is 247 Å². The van der Waals surface area contributed by atoms with Crippen molar-refractivity contribution in [3.63, 3.8) is 0 Å². The number of nitrogens with two attached hydrogens (primary N) is 1. The quantitative estimate of drug-likeness (QED) is 0.174. The maximum absolute atomic E-state index is 12.4. The van der Waals surface area contributed by atoms with Crippen LogP contribution in [0, 0.1) is 18.3 Å². The van der Waals surface area contributed by atoms with Crippen LogP contribution >= 0.6 is 23.2 Å². The summed E-state index contributed by atoms with van der Waals surface area (Å²) in [5.41, 5.74) is 9.74. The van der Waals surface area contributed by atoms with Crippen molar-refractivity contribution in [2.24, 2.45) is 5.73 Å². The van der Waals surface area contributed by atoms with Crippen molar-refractivity contribution >= 4 is 29.2 Å². The molecule has 206 valence electrons. The van der Waals surface area contributed by atoms with Gasteiger partial charge in [0.15, 0.2) is 6.61 Å². The van der Waals surface area contributed by atoms with Gasteiger partial charge in [-0.3, -0.25) is 0 Å². The third kappa shape index (κ3) is 6.58. The van der Waals surface area contributed by atoms with Gasteiger partial charge < -0.3 is 24.7 Å². The smallest absolute Gasteiger partial charge is 0.349 e. The van der Waals surface area contributed by atoms with Crippen LogP contribution in [0.1, 0.15) is 28.2 Å². The van der Waals surface area contributed by atoms with Gasteiger partial charge in [-0.2, -0.15) is 5.26 Å². The molecule has 1 aliphatic rings. The van der Waals surface area contributed by atoms with Gasteiger partial charge in [-0.05, 0) is 60.5 Å². The number of hydrogen-bond acceptors (Lipinski definition) is 7. The SMILES string of the molecule is Cc1cccc(OCC(=O)Oc2ccc3c(c2)OC(N)=C(C#N)C3c2ccc(OCc3ccc(Cl)cc3Cl)cc2)c1. The van der Waals surface area contributed by atoms with Crippen LogP contribution < -0.4 is 24.7 Å². The van der Waals surface area contributed by atoms with Crippen LogP contribution in [0.5, 0.6) is 23.0 Å². The number of esters is 1. The van der Waals surface area contributed by atoms with E-state index in [9.17, 15) is 10.1 Å². The number of ether oxygens (including phenoxy) is 4. The number of hydrogen-bond donors (Lipinski definition) is 1. The van der Waals surface area contributed by atoms with E-state index >= 15 is 0 Å². The first kappa shape index (κ1) is 27.9. The number of nitrogens with zero attached hydrogens (tertiary/aromatic N) is 1. The zero-order chi connectivity index (χ0) is 28.9. The highest BCUT2D eigenvalue weighted by atomic mass is 35.5. The molecule has 4 aromatic carbocycles. The number of carbonyl (C=O) groups is 1. The lowest BCUT2D eigenvalue weighted by molar-refractivity contribution is -0.136. The van der Waals surface area contributed by atoms with Crippen LogP contribution in [-0.2, 0) is 11.4 Å². The minimum Gasteiger partial charge on any atom is -0.489 e. The van der Waals surface area contributed by atoms with Gasteiger partial charge in [-0.25, -0.2) is 4.79 Å². The summed E-state index contributed by atoms with van der Waals surface area (Å²) >= 11 is 12.2. The molecule has 0 saturated heterocycles. The summed E-state index contributed by atoms with van der Waals surface area (Å²) in [6.45, 7) is 1.94. The first-order valence-electron chi connectivity index (χ1n) is 12.6. The molecule has 0 amide bonds. The number of rotatable bonds is 8. The van der Waals surface area contributed by atoms with Crippen LogP contribution in [-0.4, -0.2) is 12.6 Å². The second kappa shape index (κ2) is 12.3. The summed E-state index contributed by atoms with van der Waals surface area (Å²) in [6.07, 6.45) is 0. The summed E-state index contributed by atoms with van der Waals surface area (Å²) in [7, 11) is 0. The number of nitriles is 1. The van der Waals surface area contributed by atoms with Gasteiger partial charge in [0.05, 0.1) is 5.92 Å². The van der Waals surface area contributed by atoms with Crippen molar-refractivity contribution in [2.45, 2.75) is 19.4 Å². The van der Waals surface area contributed by atoms with Crippen molar-refractivity contribution in [3.8, 4) is 29.1 Å². The van der Waals surface area contributed by atoms with Crippen LogP contribution in [0.2, 0.25) is 10.0 Å². The van der Waals surface area contributed by atoms with Crippen molar-refractivity contribution < 1.29 is 23.7 Å². The molecule has 0 aliphatic carbocycles. The fourth-order valence-electron chi connectivity index (χ4n) is 4.41. The summed E-state index contributed by atoms with van der Waals surface area (Å²) in [5, 5.41) is 11.0. The minimum atomic E-state index is -0.574. The van der Waals surface area contributed by atoms with Crippen LogP contribution in [0.25, 0.3) is 0 Å². The van der Waals surface area contributed by atoms with Crippen molar-refractivity contribution in [1.29, 1.82) is 5.26 Å². The maximum atomic E-state index is 12.4. The molecule has 4 aromatic rings. The molecule has 1 atom stereocenters. The number of fused-ring (bicyclic) bond motifs is 1. The summed E-state index contributed by atoms with van der Waals surface area (Å²) in [4.78, 5) is 12.4. The third-order valence-corrected chi connectivity index (χ3v) is 6.98. The topological polar surface area (TPSA) is 104 Å². The number of aryl methyl sites for hydroxylation is 1. The molecule has 0 saturated carbocycles. The van der Waals surface area contributed by atoms with Crippen LogP contribution in [0.15, 0.2) is 96.4 Å². The highest BCUT2D eigenvalue weighted by Crippen LogP contribution is 2.43. The van der Waals surface area contributed by atoms with Crippen molar-refractivity contribution in [2.75, 3.05) is 6.61 Å². The maximum Gasteiger partial charge on any atom is 0.349 e. The summed E-state index contributed by atoms with van der Waals surface area (Å²) in [6, 6.07) is 27.1. The molecule has 41 heavy (non-hydrogen) atoms. The van der Waals surface area contributed by atoms with Gasteiger partial charge in [-0.1, -0.05) is 59.6 Å². The molecule has 0 aromatic heterocycles. The largest absolute Gasteiger partial charge is 0.489 e. The molecule has 0 fully saturated rings. The fourth-order valence-corrected chi connectivity index (χ4v) is 4.87. The first-order valence-corrected chi connectivity index (χ1v) is 13.3. The van der Waals surface area contributed by atoms with E-state index < -0.39 is 11.9 Å². The Morgan fingerprint density at radius 2 is 1.73 bits per heavy atom. The Balaban J connectivity index is 1.30. The molecule has 1 aliphatic heterocycles. The van der Waals surface area contributed by atoms with Crippen molar-refractivity contribution in [1.82, 2.24) is 0 Å². The molecule has 1 heterocycles. The summed E-state index contributed by atoms with van der Waals surface area (Å²) < 4.78 is 22.6. The Hall–Kier alpha value is -4.64. The van der Waals surface area contributed by atoms with E-state index in [0.717, 1.165) is 16.7 Å². The zero-order valence-corrected chi connectivity index (χ0v) is 23.4. The highest BCUT2D eigenvalue weighted by molar-refractivity contribution is 6.35. The van der Waals surface area contributed by atoms with E-state index in [1.807, 2.05) is 55.5 Å². The van der Waals surface area contributed by atoms with Gasteiger partial charge in [0.1, 0.15) is 41.2 Å². The normalized spacial score (nSPS) is 14.0. The predicted octanol–water partition coefficient (Wildman–Crippen LogP) is 7.08. The molecular formula is C32H24Cl2N2O5. The van der Waals surface area contributed by atoms with Crippen LogP contribution in [0.4, 0.5) is 0 Å². The van der Waals surface area contributed by atoms with E-state index in [1.165, 1.54) is 0 Å². The average Bonchev–Trinajstić information content (AvgIpc) is 2.95. The van der Waals surface area contributed by atoms with Crippen LogP contribution in [0.3, 0.4) is 0 Å². The fraction of sp³-hybridized carbons (Fsp3) is 0.125. The predicted molar refractivity (Wildman–Crippen MR) is 155 cm³/mol. The van der Waals surface area contributed by atoms with E-state index in [0.29, 0.717) is 32.9 Å². The molecule has 0 radical (unpaired) electrons. The van der Waals surface area contributed by atoms with Gasteiger partial charge >= 0.3 is 5.97 Å². The van der Waals surface area contributed by atoms with E-state index in [2.05, 4.69) is 6.07 Å². The lowest BCUT2D eigenvalue weighted by Crippen LogP contribution is -2.21. The Morgan fingerprint density at radius 3 is 2.46 bits per heavy atom. The molecule has 0 spiro atoms. The minimum absolute atomic E-state index is 0.0195. The molecule has 0 bridgehead atoms. The Bertz CT molecular complexity index is 1680.